The van der Waals surface area contributed by atoms with Gasteiger partial charge < -0.3 is 23.9 Å². The van der Waals surface area contributed by atoms with Crippen molar-refractivity contribution in [2.45, 2.75) is 39.2 Å². The zero-order valence-corrected chi connectivity index (χ0v) is 25.0. The summed E-state index contributed by atoms with van der Waals surface area (Å²) in [5.74, 6) is 3.24. The van der Waals surface area contributed by atoms with Crippen molar-refractivity contribution in [2.24, 2.45) is 11.8 Å². The van der Waals surface area contributed by atoms with Gasteiger partial charge >= 0.3 is 0 Å². The summed E-state index contributed by atoms with van der Waals surface area (Å²) < 4.78 is 23.4. The van der Waals surface area contributed by atoms with Crippen molar-refractivity contribution in [1.82, 2.24) is 25.2 Å². The number of rotatable bonds is 14. The molecule has 1 N–H and O–H groups in total. The summed E-state index contributed by atoms with van der Waals surface area (Å²) in [4.78, 5) is 27.3. The predicted molar refractivity (Wildman–Crippen MR) is 164 cm³/mol. The first-order chi connectivity index (χ1) is 21.1. The minimum absolute atomic E-state index is 0.0945. The molecule has 1 aliphatic rings. The third kappa shape index (κ3) is 8.98. The molecule has 4 aromatic rings. The second-order valence-corrected chi connectivity index (χ2v) is 11.0. The van der Waals surface area contributed by atoms with E-state index in [1.807, 2.05) is 48.5 Å². The molecule has 1 aliphatic heterocycles. The summed E-state index contributed by atoms with van der Waals surface area (Å²) in [6, 6.07) is 15.0. The molecule has 1 amide bonds. The minimum atomic E-state index is 0.0945. The van der Waals surface area contributed by atoms with Gasteiger partial charge in [-0.3, -0.25) is 19.7 Å². The molecular formula is C33H41N5O5. The van der Waals surface area contributed by atoms with Crippen LogP contribution < -0.4 is 14.8 Å². The number of carbonyl (C=O) groups excluding carboxylic acids is 1. The molecule has 0 radical (unpaired) electrons. The summed E-state index contributed by atoms with van der Waals surface area (Å²) in [6.07, 6.45) is 7.95. The summed E-state index contributed by atoms with van der Waals surface area (Å²) in [5, 5.41) is 2.72. The maximum atomic E-state index is 11.7. The van der Waals surface area contributed by atoms with Crippen LogP contribution in [0.25, 0.3) is 22.7 Å². The first kappa shape index (κ1) is 30.4. The zero-order chi connectivity index (χ0) is 29.9. The quantitative estimate of drug-likeness (QED) is 0.201. The van der Waals surface area contributed by atoms with Gasteiger partial charge in [-0.15, -0.1) is 0 Å². The first-order valence-electron chi connectivity index (χ1n) is 15.1. The molecule has 0 aliphatic carbocycles. The van der Waals surface area contributed by atoms with E-state index in [9.17, 15) is 4.79 Å². The fourth-order valence-corrected chi connectivity index (χ4v) is 5.35. The van der Waals surface area contributed by atoms with Crippen molar-refractivity contribution < 1.29 is 23.4 Å². The number of oxazole rings is 1. The van der Waals surface area contributed by atoms with Crippen LogP contribution in [0.2, 0.25) is 0 Å². The second-order valence-electron chi connectivity index (χ2n) is 11.0. The lowest BCUT2D eigenvalue weighted by Crippen LogP contribution is -2.36. The predicted octanol–water partition coefficient (Wildman–Crippen LogP) is 5.13. The Kier molecular flexibility index (Phi) is 10.9. The Balaban J connectivity index is 0.971. The van der Waals surface area contributed by atoms with Gasteiger partial charge in [0.2, 0.25) is 11.8 Å². The number of nitrogens with zero attached hydrogens (tertiary/aromatic N) is 4. The topological polar surface area (TPSA) is 112 Å². The molecule has 3 aromatic heterocycles. The van der Waals surface area contributed by atoms with Crippen LogP contribution in [0.5, 0.6) is 11.5 Å². The van der Waals surface area contributed by atoms with Gasteiger partial charge in [0.1, 0.15) is 35.9 Å². The molecule has 10 heteroatoms. The number of likely N-dealkylation sites (N-methyl/N-ethyl adjacent to an activating group) is 1. The Labute approximate surface area is 252 Å². The number of aromatic nitrogens is 3. The summed E-state index contributed by atoms with van der Waals surface area (Å²) in [6.45, 7) is 6.87. The van der Waals surface area contributed by atoms with E-state index in [0.717, 1.165) is 44.7 Å². The van der Waals surface area contributed by atoms with Crippen molar-refractivity contribution in [2.75, 3.05) is 46.5 Å². The smallest absolute Gasteiger partial charge is 0.246 e. The molecule has 1 aromatic carbocycles. The molecule has 228 valence electrons. The van der Waals surface area contributed by atoms with E-state index in [4.69, 9.17) is 18.6 Å². The van der Waals surface area contributed by atoms with Crippen LogP contribution in [0.3, 0.4) is 0 Å². The molecule has 5 rings (SSSR count). The number of amides is 1. The third-order valence-corrected chi connectivity index (χ3v) is 7.96. The van der Waals surface area contributed by atoms with Gasteiger partial charge in [0.25, 0.3) is 0 Å². The Morgan fingerprint density at radius 3 is 2.77 bits per heavy atom. The highest BCUT2D eigenvalue weighted by atomic mass is 16.5. The second kappa shape index (κ2) is 15.5. The van der Waals surface area contributed by atoms with Gasteiger partial charge in [0, 0.05) is 25.9 Å². The molecule has 0 bridgehead atoms. The van der Waals surface area contributed by atoms with Crippen LogP contribution in [-0.2, 0) is 16.1 Å². The number of nitrogens with one attached hydrogen (secondary N) is 1. The Morgan fingerprint density at radius 1 is 1.05 bits per heavy atom. The number of benzene rings is 1. The van der Waals surface area contributed by atoms with Crippen molar-refractivity contribution in [1.29, 1.82) is 0 Å². The number of fused-ring (bicyclic) bond motifs is 1. The number of pyridine rings is 2. The average Bonchev–Trinajstić information content (AvgIpc) is 3.33. The highest BCUT2D eigenvalue weighted by Crippen LogP contribution is 2.28. The van der Waals surface area contributed by atoms with Gasteiger partial charge in [0.15, 0.2) is 5.58 Å². The van der Waals surface area contributed by atoms with E-state index in [1.165, 1.54) is 6.42 Å². The van der Waals surface area contributed by atoms with E-state index in [2.05, 4.69) is 32.1 Å². The van der Waals surface area contributed by atoms with Crippen LogP contribution in [0.4, 0.5) is 0 Å². The molecule has 2 unspecified atom stereocenters. The average molecular weight is 588 g/mol. The first-order valence-corrected chi connectivity index (χ1v) is 15.1. The summed E-state index contributed by atoms with van der Waals surface area (Å²) >= 11 is 0. The van der Waals surface area contributed by atoms with Crippen LogP contribution in [0, 0.1) is 11.8 Å². The maximum absolute atomic E-state index is 11.7. The number of likely N-dealkylation sites (tertiary alicyclic amines) is 1. The Morgan fingerprint density at radius 2 is 1.95 bits per heavy atom. The normalized spacial score (nSPS) is 16.5. The number of carbonyl (C=O) groups is 1. The van der Waals surface area contributed by atoms with Crippen LogP contribution in [0.1, 0.15) is 38.3 Å². The van der Waals surface area contributed by atoms with Crippen molar-refractivity contribution >= 4 is 17.0 Å². The standard InChI is InChI=1S/C33H41N5O5/c1-24(25-6-5-15-38(16-12-25)22-32(39)34-2)13-17-40-18-19-41-28-9-8-26(36-21-28)23-42-27-10-11-31-30(20-27)37-33(43-31)29-7-3-4-14-35-29/h3-4,7-11,14,20-21,24-25H,5-6,12-13,15-19,22-23H2,1-2H3,(H,34,39). The zero-order valence-electron chi connectivity index (χ0n) is 25.0. The van der Waals surface area contributed by atoms with Crippen molar-refractivity contribution in [3.05, 3.63) is 66.6 Å². The monoisotopic (exact) mass is 587 g/mol. The van der Waals surface area contributed by atoms with E-state index in [0.29, 0.717) is 72.4 Å². The summed E-state index contributed by atoms with van der Waals surface area (Å²) in [7, 11) is 1.70. The lowest BCUT2D eigenvalue weighted by molar-refractivity contribution is -0.121. The van der Waals surface area contributed by atoms with Gasteiger partial charge in [-0.2, -0.15) is 0 Å². The van der Waals surface area contributed by atoms with Gasteiger partial charge in [0.05, 0.1) is 25.0 Å². The molecule has 2 atom stereocenters. The third-order valence-electron chi connectivity index (χ3n) is 7.96. The van der Waals surface area contributed by atoms with Gasteiger partial charge in [-0.05, 0) is 87.0 Å². The minimum Gasteiger partial charge on any atom is -0.490 e. The van der Waals surface area contributed by atoms with Gasteiger partial charge in [-0.1, -0.05) is 13.0 Å². The molecule has 1 saturated heterocycles. The fraction of sp³-hybridized carbons (Fsp3) is 0.455. The molecule has 10 nitrogen and oxygen atoms in total. The SMILES string of the molecule is CNC(=O)CN1CCCC(C(C)CCOCCOc2ccc(COc3ccc4oc(-c5ccccn5)nc4c3)nc2)CC1. The van der Waals surface area contributed by atoms with E-state index in [-0.39, 0.29) is 5.91 Å². The van der Waals surface area contributed by atoms with E-state index >= 15 is 0 Å². The highest BCUT2D eigenvalue weighted by molar-refractivity contribution is 5.78. The van der Waals surface area contributed by atoms with E-state index in [1.54, 1.807) is 19.4 Å². The lowest BCUT2D eigenvalue weighted by atomic mass is 9.86. The Bertz CT molecular complexity index is 1430. The maximum Gasteiger partial charge on any atom is 0.246 e. The fourth-order valence-electron chi connectivity index (χ4n) is 5.35. The molecular weight excluding hydrogens is 546 g/mol. The number of hydrogen-bond acceptors (Lipinski definition) is 9. The molecule has 0 saturated carbocycles. The van der Waals surface area contributed by atoms with Crippen LogP contribution in [-0.4, -0.2) is 72.3 Å². The number of hydrogen-bond donors (Lipinski definition) is 1. The Hall–Kier alpha value is -4.02. The highest BCUT2D eigenvalue weighted by Gasteiger charge is 2.22. The van der Waals surface area contributed by atoms with Crippen LogP contribution in [0.15, 0.2) is 65.3 Å². The van der Waals surface area contributed by atoms with Crippen molar-refractivity contribution in [3.63, 3.8) is 0 Å². The van der Waals surface area contributed by atoms with Crippen LogP contribution >= 0.6 is 0 Å². The molecule has 1 fully saturated rings. The lowest BCUT2D eigenvalue weighted by Gasteiger charge is -2.23. The molecule has 4 heterocycles. The van der Waals surface area contributed by atoms with E-state index < -0.39 is 0 Å². The van der Waals surface area contributed by atoms with Crippen molar-refractivity contribution in [3.8, 4) is 23.1 Å². The van der Waals surface area contributed by atoms with Gasteiger partial charge in [-0.25, -0.2) is 4.98 Å². The molecule has 0 spiro atoms. The summed E-state index contributed by atoms with van der Waals surface area (Å²) in [5.41, 5.74) is 2.87. The molecule has 43 heavy (non-hydrogen) atoms. The largest absolute Gasteiger partial charge is 0.490 e. The number of ether oxygens (including phenoxy) is 3.